The summed E-state index contributed by atoms with van der Waals surface area (Å²) in [4.78, 5) is 13.3. The van der Waals surface area contributed by atoms with Crippen molar-refractivity contribution in [2.45, 2.75) is 39.9 Å². The molecule has 0 aliphatic carbocycles. The third kappa shape index (κ3) is 4.07. The molecule has 3 aromatic rings. The van der Waals surface area contributed by atoms with E-state index in [9.17, 15) is 9.90 Å². The zero-order valence-electron chi connectivity index (χ0n) is 16.6. The Morgan fingerprint density at radius 3 is 2.14 bits per heavy atom. The van der Waals surface area contributed by atoms with Gasteiger partial charge in [-0.2, -0.15) is 0 Å². The first-order valence-corrected chi connectivity index (χ1v) is 9.93. The van der Waals surface area contributed by atoms with Crippen LogP contribution in [0.3, 0.4) is 0 Å². The molecule has 3 rings (SSSR count). The average molecular weight is 400 g/mol. The van der Waals surface area contributed by atoms with Gasteiger partial charge in [-0.3, -0.25) is 0 Å². The molecule has 0 fully saturated rings. The molecule has 0 atom stereocenters. The van der Waals surface area contributed by atoms with Gasteiger partial charge in [-0.15, -0.1) is 11.3 Å². The summed E-state index contributed by atoms with van der Waals surface area (Å²) in [5.41, 5.74) is 1.21. The van der Waals surface area contributed by atoms with Crippen molar-refractivity contribution in [2.75, 3.05) is 7.11 Å². The van der Waals surface area contributed by atoms with Crippen molar-refractivity contribution >= 4 is 27.4 Å². The molecule has 0 unspecified atom stereocenters. The Hall–Kier alpha value is -2.73. The molecule has 1 N–H and O–H groups in total. The number of hydrogen-bond acceptors (Lipinski definition) is 6. The fourth-order valence-electron chi connectivity index (χ4n) is 2.98. The summed E-state index contributed by atoms with van der Waals surface area (Å²) >= 11 is 1.41. The summed E-state index contributed by atoms with van der Waals surface area (Å²) in [5, 5.41) is 11.1. The zero-order valence-corrected chi connectivity index (χ0v) is 17.4. The lowest BCUT2D eigenvalue weighted by molar-refractivity contribution is 0.0604. The van der Waals surface area contributed by atoms with E-state index in [1.165, 1.54) is 24.5 Å². The maximum Gasteiger partial charge on any atom is 0.340 e. The molecule has 0 amide bonds. The van der Waals surface area contributed by atoms with Crippen LogP contribution in [-0.2, 0) is 4.74 Å². The van der Waals surface area contributed by atoms with Crippen LogP contribution >= 0.6 is 11.3 Å². The van der Waals surface area contributed by atoms with Crippen molar-refractivity contribution in [1.82, 2.24) is 0 Å². The van der Waals surface area contributed by atoms with E-state index in [1.54, 1.807) is 0 Å². The van der Waals surface area contributed by atoms with Gasteiger partial charge < -0.3 is 19.3 Å². The summed E-state index contributed by atoms with van der Waals surface area (Å²) in [7, 11) is 1.34. The van der Waals surface area contributed by atoms with Crippen molar-refractivity contribution in [1.29, 1.82) is 0 Å². The lowest BCUT2D eigenvalue weighted by Crippen LogP contribution is -2.05. The quantitative estimate of drug-likeness (QED) is 0.543. The Bertz CT molecular complexity index is 986. The van der Waals surface area contributed by atoms with E-state index in [4.69, 9.17) is 14.2 Å². The summed E-state index contributed by atoms with van der Waals surface area (Å²) in [6, 6.07) is 10.9. The third-order valence-corrected chi connectivity index (χ3v) is 5.18. The number of carbonyl (C=O) groups excluding carboxylic acids is 1. The van der Waals surface area contributed by atoms with E-state index >= 15 is 0 Å². The highest BCUT2D eigenvalue weighted by molar-refractivity contribution is 7.22. The van der Waals surface area contributed by atoms with Gasteiger partial charge in [0.1, 0.15) is 17.2 Å². The van der Waals surface area contributed by atoms with Gasteiger partial charge in [0.2, 0.25) is 0 Å². The topological polar surface area (TPSA) is 65.0 Å². The molecule has 2 aromatic carbocycles. The van der Waals surface area contributed by atoms with Crippen LogP contribution in [0, 0.1) is 0 Å². The van der Waals surface area contributed by atoms with Gasteiger partial charge in [-0.1, -0.05) is 0 Å². The van der Waals surface area contributed by atoms with Crippen LogP contribution in [0.15, 0.2) is 36.4 Å². The Morgan fingerprint density at radius 2 is 1.57 bits per heavy atom. The number of ether oxygens (including phenoxy) is 3. The molecular weight excluding hydrogens is 376 g/mol. The van der Waals surface area contributed by atoms with E-state index in [-0.39, 0.29) is 18.0 Å². The number of thiophene rings is 1. The van der Waals surface area contributed by atoms with Crippen LogP contribution in [-0.4, -0.2) is 30.4 Å². The molecule has 148 valence electrons. The van der Waals surface area contributed by atoms with E-state index < -0.39 is 5.97 Å². The van der Waals surface area contributed by atoms with Gasteiger partial charge in [-0.25, -0.2) is 4.79 Å². The van der Waals surface area contributed by atoms with Gasteiger partial charge in [0.25, 0.3) is 0 Å². The Labute approximate surface area is 168 Å². The number of rotatable bonds is 6. The van der Waals surface area contributed by atoms with Gasteiger partial charge in [0, 0.05) is 16.2 Å². The molecule has 0 spiro atoms. The highest BCUT2D eigenvalue weighted by Crippen LogP contribution is 2.45. The molecule has 0 bridgehead atoms. The number of benzene rings is 2. The van der Waals surface area contributed by atoms with Crippen LogP contribution in [0.4, 0.5) is 0 Å². The highest BCUT2D eigenvalue weighted by atomic mass is 32.1. The number of phenols is 1. The number of hydrogen-bond donors (Lipinski definition) is 1. The summed E-state index contributed by atoms with van der Waals surface area (Å²) in [5.74, 6) is 0.826. The minimum absolute atomic E-state index is 0.00388. The fourth-order valence-corrected chi connectivity index (χ4v) is 4.22. The van der Waals surface area contributed by atoms with Gasteiger partial charge in [-0.05, 0) is 63.6 Å². The third-order valence-electron chi connectivity index (χ3n) is 3.99. The first-order valence-electron chi connectivity index (χ1n) is 9.11. The number of carbonyl (C=O) groups is 1. The van der Waals surface area contributed by atoms with Crippen molar-refractivity contribution in [3.63, 3.8) is 0 Å². The smallest absolute Gasteiger partial charge is 0.340 e. The monoisotopic (exact) mass is 400 g/mol. The van der Waals surface area contributed by atoms with E-state index in [1.807, 2.05) is 58.0 Å². The molecule has 6 heteroatoms. The maximum absolute atomic E-state index is 12.5. The van der Waals surface area contributed by atoms with Crippen molar-refractivity contribution in [3.8, 4) is 27.7 Å². The van der Waals surface area contributed by atoms with E-state index in [0.29, 0.717) is 16.7 Å². The molecule has 0 aliphatic heterocycles. The Morgan fingerprint density at radius 1 is 0.964 bits per heavy atom. The van der Waals surface area contributed by atoms with Crippen LogP contribution in [0.2, 0.25) is 0 Å². The molecule has 28 heavy (non-hydrogen) atoms. The minimum atomic E-state index is -0.489. The number of fused-ring (bicyclic) bond motifs is 1. The van der Waals surface area contributed by atoms with Crippen molar-refractivity contribution in [2.24, 2.45) is 0 Å². The normalized spacial score (nSPS) is 11.2. The fraction of sp³-hybridized carbons (Fsp3) is 0.318. The number of phenolic OH excluding ortho intramolecular Hbond substituents is 1. The summed E-state index contributed by atoms with van der Waals surface area (Å²) in [6.45, 7) is 7.77. The standard InChI is InChI=1S/C22H24O5S/c1-12(2)26-15-8-6-14(7-9-15)21-20(22(24)25-5)19-17(23)10-16(27-13(3)4)11-18(19)28-21/h6-13,23H,1-5H3. The van der Waals surface area contributed by atoms with Gasteiger partial charge in [0.05, 0.1) is 29.8 Å². The number of methoxy groups -OCH3 is 1. The second kappa shape index (κ2) is 8.10. The maximum atomic E-state index is 12.5. The molecule has 1 aromatic heterocycles. The first-order chi connectivity index (χ1) is 13.3. The minimum Gasteiger partial charge on any atom is -0.507 e. The average Bonchev–Trinajstić information content (AvgIpc) is 3.00. The predicted octanol–water partition coefficient (Wildman–Crippen LogP) is 5.63. The van der Waals surface area contributed by atoms with Crippen molar-refractivity contribution in [3.05, 3.63) is 42.0 Å². The lowest BCUT2D eigenvalue weighted by atomic mass is 10.0. The van der Waals surface area contributed by atoms with Gasteiger partial charge in [0.15, 0.2) is 0 Å². The Balaban J connectivity index is 2.15. The van der Waals surface area contributed by atoms with Crippen LogP contribution < -0.4 is 9.47 Å². The first kappa shape index (κ1) is 20.0. The molecular formula is C22H24O5S. The second-order valence-electron chi connectivity index (χ2n) is 6.97. The van der Waals surface area contributed by atoms with E-state index in [0.717, 1.165) is 20.9 Å². The molecule has 1 heterocycles. The SMILES string of the molecule is COC(=O)c1c(-c2ccc(OC(C)C)cc2)sc2cc(OC(C)C)cc(O)c12. The largest absolute Gasteiger partial charge is 0.507 e. The number of aromatic hydroxyl groups is 1. The Kier molecular flexibility index (Phi) is 5.79. The van der Waals surface area contributed by atoms with Crippen LogP contribution in [0.1, 0.15) is 38.1 Å². The predicted molar refractivity (Wildman–Crippen MR) is 112 cm³/mol. The van der Waals surface area contributed by atoms with E-state index in [2.05, 4.69) is 0 Å². The lowest BCUT2D eigenvalue weighted by Gasteiger charge is -2.11. The molecule has 5 nitrogen and oxygen atoms in total. The zero-order chi connectivity index (χ0) is 20.4. The molecule has 0 saturated carbocycles. The summed E-state index contributed by atoms with van der Waals surface area (Å²) < 4.78 is 17.2. The molecule has 0 radical (unpaired) electrons. The van der Waals surface area contributed by atoms with Crippen molar-refractivity contribution < 1.29 is 24.1 Å². The van der Waals surface area contributed by atoms with Crippen LogP contribution in [0.25, 0.3) is 20.5 Å². The molecule has 0 saturated heterocycles. The number of esters is 1. The molecule has 0 aliphatic rings. The highest BCUT2D eigenvalue weighted by Gasteiger charge is 2.24. The second-order valence-corrected chi connectivity index (χ2v) is 8.02. The van der Waals surface area contributed by atoms with Gasteiger partial charge >= 0.3 is 5.97 Å². The summed E-state index contributed by atoms with van der Waals surface area (Å²) in [6.07, 6.45) is 0.0574. The van der Waals surface area contributed by atoms with Crippen LogP contribution in [0.5, 0.6) is 17.2 Å².